The van der Waals surface area contributed by atoms with Crippen molar-refractivity contribution in [2.45, 2.75) is 26.3 Å². The predicted molar refractivity (Wildman–Crippen MR) is 87.4 cm³/mol. The van der Waals surface area contributed by atoms with E-state index in [4.69, 9.17) is 5.73 Å². The molecule has 1 aliphatic heterocycles. The molecule has 3 N–H and O–H groups in total. The molecule has 1 amide bonds. The summed E-state index contributed by atoms with van der Waals surface area (Å²) in [5.41, 5.74) is 7.71. The second-order valence-electron chi connectivity index (χ2n) is 5.58. The fourth-order valence-corrected chi connectivity index (χ4v) is 2.61. The zero-order valence-electron chi connectivity index (χ0n) is 13.0. The molecular weight excluding hydrogens is 264 g/mol. The van der Waals surface area contributed by atoms with Crippen molar-refractivity contribution in [1.82, 2.24) is 10.2 Å². The van der Waals surface area contributed by atoms with Crippen LogP contribution in [0.25, 0.3) is 0 Å². The van der Waals surface area contributed by atoms with Crippen LogP contribution in [0.1, 0.15) is 20.3 Å². The van der Waals surface area contributed by atoms with Crippen LogP contribution in [0.3, 0.4) is 0 Å². The molecule has 116 valence electrons. The van der Waals surface area contributed by atoms with E-state index in [2.05, 4.69) is 34.2 Å². The van der Waals surface area contributed by atoms with Gasteiger partial charge in [-0.3, -0.25) is 9.69 Å². The maximum atomic E-state index is 12.0. The summed E-state index contributed by atoms with van der Waals surface area (Å²) in [5.74, 6) is 0.137. The number of hydrogen-bond donors (Lipinski definition) is 2. The lowest BCUT2D eigenvalue weighted by Crippen LogP contribution is -2.54. The Morgan fingerprint density at radius 3 is 2.43 bits per heavy atom. The minimum atomic E-state index is -0.0508. The normalized spacial score (nSPS) is 17.5. The average Bonchev–Trinajstić information content (AvgIpc) is 2.53. The lowest BCUT2D eigenvalue weighted by Gasteiger charge is -2.38. The number of nitrogens with one attached hydrogen (secondary N) is 1. The second kappa shape index (κ2) is 7.31. The van der Waals surface area contributed by atoms with Gasteiger partial charge in [0.05, 0.1) is 6.04 Å². The fraction of sp³-hybridized carbons (Fsp3) is 0.562. The summed E-state index contributed by atoms with van der Waals surface area (Å²) in [6.07, 6.45) is 0.976. The van der Waals surface area contributed by atoms with Crippen LogP contribution in [0.2, 0.25) is 0 Å². The quantitative estimate of drug-likeness (QED) is 0.803. The van der Waals surface area contributed by atoms with Crippen LogP contribution in [0, 0.1) is 0 Å². The summed E-state index contributed by atoms with van der Waals surface area (Å²) in [5, 5.41) is 2.97. The molecule has 0 radical (unpaired) electrons. The number of amides is 1. The Morgan fingerprint density at radius 1 is 1.24 bits per heavy atom. The summed E-state index contributed by atoms with van der Waals surface area (Å²) >= 11 is 0. The highest BCUT2D eigenvalue weighted by molar-refractivity contribution is 5.81. The van der Waals surface area contributed by atoms with Gasteiger partial charge in [0.1, 0.15) is 0 Å². The van der Waals surface area contributed by atoms with E-state index in [1.54, 1.807) is 0 Å². The smallest absolute Gasteiger partial charge is 0.237 e. The van der Waals surface area contributed by atoms with Crippen molar-refractivity contribution in [3.05, 3.63) is 24.3 Å². The van der Waals surface area contributed by atoms with Gasteiger partial charge in [0, 0.05) is 44.1 Å². The van der Waals surface area contributed by atoms with E-state index in [-0.39, 0.29) is 11.9 Å². The zero-order chi connectivity index (χ0) is 15.2. The molecule has 1 aromatic rings. The maximum absolute atomic E-state index is 12.0. The third kappa shape index (κ3) is 4.11. The number of rotatable bonds is 5. The van der Waals surface area contributed by atoms with E-state index in [9.17, 15) is 4.79 Å². The molecule has 1 saturated heterocycles. The van der Waals surface area contributed by atoms with Crippen molar-refractivity contribution in [3.8, 4) is 0 Å². The maximum Gasteiger partial charge on any atom is 0.237 e. The molecule has 1 fully saturated rings. The molecule has 0 saturated carbocycles. The molecule has 1 aromatic carbocycles. The number of nitrogens with zero attached hydrogens (tertiary/aromatic N) is 2. The molecule has 1 aliphatic rings. The van der Waals surface area contributed by atoms with Gasteiger partial charge < -0.3 is 16.0 Å². The number of nitrogen functional groups attached to an aromatic ring is 1. The molecule has 1 heterocycles. The van der Waals surface area contributed by atoms with Crippen LogP contribution in [0.5, 0.6) is 0 Å². The lowest BCUT2D eigenvalue weighted by atomic mass is 10.2. The van der Waals surface area contributed by atoms with Crippen LogP contribution >= 0.6 is 0 Å². The van der Waals surface area contributed by atoms with E-state index in [0.29, 0.717) is 0 Å². The zero-order valence-corrected chi connectivity index (χ0v) is 13.0. The van der Waals surface area contributed by atoms with Crippen molar-refractivity contribution in [2.75, 3.05) is 43.4 Å². The highest BCUT2D eigenvalue weighted by Gasteiger charge is 2.25. The molecule has 1 unspecified atom stereocenters. The summed E-state index contributed by atoms with van der Waals surface area (Å²) in [4.78, 5) is 16.6. The Labute approximate surface area is 127 Å². The number of anilines is 2. The van der Waals surface area contributed by atoms with Crippen molar-refractivity contribution in [2.24, 2.45) is 0 Å². The molecule has 1 atom stereocenters. The third-order valence-corrected chi connectivity index (χ3v) is 4.05. The first kappa shape index (κ1) is 15.6. The van der Waals surface area contributed by atoms with Gasteiger partial charge in [-0.25, -0.2) is 0 Å². The van der Waals surface area contributed by atoms with Crippen LogP contribution in [-0.4, -0.2) is 49.6 Å². The Hall–Kier alpha value is -1.75. The van der Waals surface area contributed by atoms with Crippen LogP contribution in [-0.2, 0) is 4.79 Å². The number of carbonyl (C=O) groups excluding carboxylic acids is 1. The monoisotopic (exact) mass is 290 g/mol. The van der Waals surface area contributed by atoms with E-state index in [1.165, 1.54) is 5.69 Å². The van der Waals surface area contributed by atoms with Gasteiger partial charge in [-0.2, -0.15) is 0 Å². The number of hydrogen-bond acceptors (Lipinski definition) is 4. The number of carbonyl (C=O) groups is 1. The summed E-state index contributed by atoms with van der Waals surface area (Å²) < 4.78 is 0. The third-order valence-electron chi connectivity index (χ3n) is 4.05. The summed E-state index contributed by atoms with van der Waals surface area (Å²) in [6, 6.07) is 7.93. The van der Waals surface area contributed by atoms with Crippen molar-refractivity contribution in [1.29, 1.82) is 0 Å². The largest absolute Gasteiger partial charge is 0.399 e. The predicted octanol–water partition coefficient (Wildman–Crippen LogP) is 1.31. The second-order valence-corrected chi connectivity index (χ2v) is 5.58. The fourth-order valence-electron chi connectivity index (χ4n) is 2.61. The molecular formula is C16H26N4O. The number of nitrogens with two attached hydrogens (primary N) is 1. The van der Waals surface area contributed by atoms with Gasteiger partial charge in [0.25, 0.3) is 0 Å². The molecule has 0 aliphatic carbocycles. The Morgan fingerprint density at radius 2 is 1.86 bits per heavy atom. The first-order valence-corrected chi connectivity index (χ1v) is 7.74. The van der Waals surface area contributed by atoms with Crippen LogP contribution in [0.15, 0.2) is 24.3 Å². The first-order chi connectivity index (χ1) is 10.1. The van der Waals surface area contributed by atoms with Gasteiger partial charge in [0.2, 0.25) is 5.91 Å². The molecule has 0 bridgehead atoms. The number of benzene rings is 1. The first-order valence-electron chi connectivity index (χ1n) is 7.74. The molecule has 21 heavy (non-hydrogen) atoms. The van der Waals surface area contributed by atoms with E-state index < -0.39 is 0 Å². The van der Waals surface area contributed by atoms with E-state index in [0.717, 1.165) is 44.8 Å². The van der Waals surface area contributed by atoms with Gasteiger partial charge in [0.15, 0.2) is 0 Å². The summed E-state index contributed by atoms with van der Waals surface area (Å²) in [7, 11) is 0. The Kier molecular flexibility index (Phi) is 5.44. The Bertz CT molecular complexity index is 452. The Balaban J connectivity index is 1.85. The van der Waals surface area contributed by atoms with E-state index >= 15 is 0 Å². The standard InChI is InChI=1S/C16H26N4O/c1-3-8-18-16(21)13(2)19-9-11-20(12-10-19)15-6-4-14(17)5-7-15/h4-7,13H,3,8-12,17H2,1-2H3,(H,18,21). The van der Waals surface area contributed by atoms with Gasteiger partial charge in [-0.05, 0) is 37.6 Å². The van der Waals surface area contributed by atoms with Gasteiger partial charge >= 0.3 is 0 Å². The van der Waals surface area contributed by atoms with Crippen molar-refractivity contribution >= 4 is 17.3 Å². The van der Waals surface area contributed by atoms with E-state index in [1.807, 2.05) is 19.1 Å². The summed E-state index contributed by atoms with van der Waals surface area (Å²) in [6.45, 7) is 8.51. The van der Waals surface area contributed by atoms with Crippen molar-refractivity contribution < 1.29 is 4.79 Å². The highest BCUT2D eigenvalue weighted by Crippen LogP contribution is 2.18. The van der Waals surface area contributed by atoms with Crippen LogP contribution < -0.4 is 16.0 Å². The van der Waals surface area contributed by atoms with Crippen molar-refractivity contribution in [3.63, 3.8) is 0 Å². The minimum Gasteiger partial charge on any atom is -0.399 e. The minimum absolute atomic E-state index is 0.0508. The average molecular weight is 290 g/mol. The SMILES string of the molecule is CCCNC(=O)C(C)N1CCN(c2ccc(N)cc2)CC1. The molecule has 5 heteroatoms. The molecule has 0 aromatic heterocycles. The highest BCUT2D eigenvalue weighted by atomic mass is 16.2. The van der Waals surface area contributed by atoms with Crippen LogP contribution in [0.4, 0.5) is 11.4 Å². The lowest BCUT2D eigenvalue weighted by molar-refractivity contribution is -0.126. The van der Waals surface area contributed by atoms with Gasteiger partial charge in [-0.15, -0.1) is 0 Å². The topological polar surface area (TPSA) is 61.6 Å². The molecule has 0 spiro atoms. The number of piperazine rings is 1. The van der Waals surface area contributed by atoms with Gasteiger partial charge in [-0.1, -0.05) is 6.92 Å². The molecule has 2 rings (SSSR count). The molecule has 5 nitrogen and oxygen atoms in total.